The predicted octanol–water partition coefficient (Wildman–Crippen LogP) is 1.67. The highest BCUT2D eigenvalue weighted by Crippen LogP contribution is 2.13. The second kappa shape index (κ2) is 1.83. The lowest BCUT2D eigenvalue weighted by Gasteiger charge is -2.17. The maximum absolute atomic E-state index is 10.7. The molecule has 0 saturated carbocycles. The summed E-state index contributed by atoms with van der Waals surface area (Å²) in [5.74, 6) is 0.132. The Balaban J connectivity index is 3.54. The third-order valence-electron chi connectivity index (χ3n) is 1.22. The molecule has 0 aromatic carbocycles. The molecule has 0 heterocycles. The van der Waals surface area contributed by atoms with Crippen molar-refractivity contribution >= 4 is 0 Å². The normalized spacial score (nSPS) is 12.9. The quantitative estimate of drug-likeness (QED) is 0.477. The first-order chi connectivity index (χ1) is 2.94. The molecule has 0 spiro atoms. The summed E-state index contributed by atoms with van der Waals surface area (Å²) in [6, 6.07) is 0. The van der Waals surface area contributed by atoms with Crippen LogP contribution in [0.1, 0.15) is 20.8 Å². The molecular formula is C6H12O. The van der Waals surface area contributed by atoms with Crippen molar-refractivity contribution in [1.82, 2.24) is 0 Å². The SMILES string of the molecule is [CH2]C(C)([O])C(C)C. The van der Waals surface area contributed by atoms with E-state index in [9.17, 15) is 5.11 Å². The van der Waals surface area contributed by atoms with E-state index in [4.69, 9.17) is 0 Å². The molecule has 0 aliphatic rings. The van der Waals surface area contributed by atoms with Crippen molar-refractivity contribution in [3.05, 3.63) is 6.92 Å². The number of rotatable bonds is 1. The molecule has 7 heavy (non-hydrogen) atoms. The monoisotopic (exact) mass is 100 g/mol. The molecule has 0 saturated heterocycles. The highest BCUT2D eigenvalue weighted by Gasteiger charge is 2.19. The Morgan fingerprint density at radius 3 is 1.71 bits per heavy atom. The van der Waals surface area contributed by atoms with Gasteiger partial charge < -0.3 is 0 Å². The summed E-state index contributed by atoms with van der Waals surface area (Å²) in [5.41, 5.74) is -1.00. The van der Waals surface area contributed by atoms with Crippen LogP contribution in [-0.2, 0) is 5.11 Å². The van der Waals surface area contributed by atoms with Crippen molar-refractivity contribution in [2.45, 2.75) is 26.4 Å². The Morgan fingerprint density at radius 2 is 1.71 bits per heavy atom. The van der Waals surface area contributed by atoms with E-state index in [1.807, 2.05) is 13.8 Å². The Hall–Kier alpha value is -0.0400. The Kier molecular flexibility index (Phi) is 1.82. The fourth-order valence-corrected chi connectivity index (χ4v) is 0. The van der Waals surface area contributed by atoms with Crippen LogP contribution < -0.4 is 0 Å². The van der Waals surface area contributed by atoms with Gasteiger partial charge in [0.05, 0.1) is 0 Å². The molecule has 0 aliphatic heterocycles. The van der Waals surface area contributed by atoms with Gasteiger partial charge in [0.2, 0.25) is 0 Å². The molecule has 42 valence electrons. The first kappa shape index (κ1) is 6.96. The minimum Gasteiger partial charge on any atom is -0.230 e. The summed E-state index contributed by atoms with van der Waals surface area (Å²) in [7, 11) is 0. The van der Waals surface area contributed by atoms with Gasteiger partial charge in [-0.3, -0.25) is 0 Å². The fraction of sp³-hybridized carbons (Fsp3) is 0.833. The molecule has 1 nitrogen and oxygen atoms in total. The van der Waals surface area contributed by atoms with Gasteiger partial charge in [0.1, 0.15) is 5.60 Å². The van der Waals surface area contributed by atoms with Gasteiger partial charge in [0.15, 0.2) is 0 Å². The largest absolute Gasteiger partial charge is 0.230 e. The van der Waals surface area contributed by atoms with Gasteiger partial charge in [-0.15, -0.1) is 0 Å². The maximum Gasteiger partial charge on any atom is 0.103 e. The lowest BCUT2D eigenvalue weighted by atomic mass is 9.95. The zero-order valence-corrected chi connectivity index (χ0v) is 5.19. The predicted molar refractivity (Wildman–Crippen MR) is 29.3 cm³/mol. The zero-order valence-electron chi connectivity index (χ0n) is 5.19. The van der Waals surface area contributed by atoms with Crippen molar-refractivity contribution in [1.29, 1.82) is 0 Å². The van der Waals surface area contributed by atoms with E-state index in [1.165, 1.54) is 0 Å². The highest BCUT2D eigenvalue weighted by molar-refractivity contribution is 4.77. The summed E-state index contributed by atoms with van der Waals surface area (Å²) in [6.45, 7) is 8.76. The Bertz CT molecular complexity index is 49.7. The lowest BCUT2D eigenvalue weighted by molar-refractivity contribution is -0.0109. The Labute approximate surface area is 45.4 Å². The molecule has 0 rings (SSSR count). The van der Waals surface area contributed by atoms with E-state index in [-0.39, 0.29) is 5.92 Å². The van der Waals surface area contributed by atoms with Gasteiger partial charge in [-0.05, 0) is 19.8 Å². The standard InChI is InChI=1S/C6H12O/c1-5(2)6(3,4)7/h5H,3H2,1-2,4H3. The summed E-state index contributed by atoms with van der Waals surface area (Å²) in [6.07, 6.45) is 0. The average Bonchev–Trinajstić information content (AvgIpc) is 1.31. The third-order valence-corrected chi connectivity index (χ3v) is 1.22. The topological polar surface area (TPSA) is 19.9 Å². The minimum atomic E-state index is -1.00. The van der Waals surface area contributed by atoms with Crippen LogP contribution >= 0.6 is 0 Å². The first-order valence-corrected chi connectivity index (χ1v) is 2.50. The van der Waals surface area contributed by atoms with Crippen LogP contribution in [0.2, 0.25) is 0 Å². The number of hydrogen-bond donors (Lipinski definition) is 0. The molecule has 0 fully saturated rings. The summed E-state index contributed by atoms with van der Waals surface area (Å²) >= 11 is 0. The van der Waals surface area contributed by atoms with Crippen molar-refractivity contribution in [3.63, 3.8) is 0 Å². The molecule has 1 unspecified atom stereocenters. The summed E-state index contributed by atoms with van der Waals surface area (Å²) in [4.78, 5) is 0. The number of hydrogen-bond acceptors (Lipinski definition) is 0. The maximum atomic E-state index is 10.7. The molecule has 0 bridgehead atoms. The van der Waals surface area contributed by atoms with Gasteiger partial charge >= 0.3 is 0 Å². The lowest BCUT2D eigenvalue weighted by Crippen LogP contribution is -2.24. The van der Waals surface area contributed by atoms with Crippen molar-refractivity contribution in [2.75, 3.05) is 0 Å². The van der Waals surface area contributed by atoms with Gasteiger partial charge in [0.25, 0.3) is 0 Å². The van der Waals surface area contributed by atoms with Gasteiger partial charge in [0, 0.05) is 0 Å². The van der Waals surface area contributed by atoms with Crippen LogP contribution in [0.5, 0.6) is 0 Å². The zero-order chi connectivity index (χ0) is 6.08. The van der Waals surface area contributed by atoms with Crippen molar-refractivity contribution < 1.29 is 5.11 Å². The van der Waals surface area contributed by atoms with Crippen molar-refractivity contribution in [3.8, 4) is 0 Å². The molecular weight excluding hydrogens is 88.1 g/mol. The van der Waals surface area contributed by atoms with E-state index in [2.05, 4.69) is 6.92 Å². The minimum absolute atomic E-state index is 0.132. The van der Waals surface area contributed by atoms with Crippen LogP contribution in [0.3, 0.4) is 0 Å². The van der Waals surface area contributed by atoms with Gasteiger partial charge in [-0.25, -0.2) is 5.11 Å². The van der Waals surface area contributed by atoms with Crippen molar-refractivity contribution in [2.24, 2.45) is 5.92 Å². The molecule has 0 aliphatic carbocycles. The molecule has 0 amide bonds. The van der Waals surface area contributed by atoms with E-state index < -0.39 is 5.60 Å². The summed E-state index contributed by atoms with van der Waals surface area (Å²) < 4.78 is 0. The van der Waals surface area contributed by atoms with Crippen LogP contribution in [0.25, 0.3) is 0 Å². The smallest absolute Gasteiger partial charge is 0.103 e. The van der Waals surface area contributed by atoms with Crippen LogP contribution in [-0.4, -0.2) is 5.60 Å². The second-order valence-electron chi connectivity index (χ2n) is 2.47. The Morgan fingerprint density at radius 1 is 1.57 bits per heavy atom. The van der Waals surface area contributed by atoms with Crippen LogP contribution in [0.4, 0.5) is 0 Å². The molecule has 2 radical (unpaired) electrons. The van der Waals surface area contributed by atoms with E-state index in [0.717, 1.165) is 0 Å². The highest BCUT2D eigenvalue weighted by atomic mass is 16.3. The molecule has 0 aromatic heterocycles. The fourth-order valence-electron chi connectivity index (χ4n) is 0. The van der Waals surface area contributed by atoms with E-state index in [0.29, 0.717) is 0 Å². The summed E-state index contributed by atoms with van der Waals surface area (Å²) in [5, 5.41) is 10.7. The van der Waals surface area contributed by atoms with Crippen LogP contribution in [0, 0.1) is 12.8 Å². The van der Waals surface area contributed by atoms with Crippen LogP contribution in [0.15, 0.2) is 0 Å². The third kappa shape index (κ3) is 2.63. The molecule has 0 N–H and O–H groups in total. The molecule has 0 aromatic rings. The first-order valence-electron chi connectivity index (χ1n) is 2.50. The molecule has 1 atom stereocenters. The van der Waals surface area contributed by atoms with E-state index in [1.54, 1.807) is 6.92 Å². The average molecular weight is 100 g/mol. The van der Waals surface area contributed by atoms with E-state index >= 15 is 0 Å². The van der Waals surface area contributed by atoms with Gasteiger partial charge in [-0.1, -0.05) is 13.8 Å². The van der Waals surface area contributed by atoms with Gasteiger partial charge in [-0.2, -0.15) is 0 Å². The second-order valence-corrected chi connectivity index (χ2v) is 2.47. The molecule has 1 heteroatoms.